The summed E-state index contributed by atoms with van der Waals surface area (Å²) in [5, 5.41) is 0. The molecule has 41 heavy (non-hydrogen) atoms. The first kappa shape index (κ1) is 28.9. The zero-order valence-corrected chi connectivity index (χ0v) is 26.0. The summed E-state index contributed by atoms with van der Waals surface area (Å²) in [5.41, 5.74) is 7.36. The lowest BCUT2D eigenvalue weighted by Gasteiger charge is -2.21. The quantitative estimate of drug-likeness (QED) is 0.229. The molecule has 0 bridgehead atoms. The molecule has 0 spiro atoms. The molecular weight excluding hydrogens is 528 g/mol. The van der Waals surface area contributed by atoms with Crippen LogP contribution in [0.15, 0.2) is 53.4 Å². The monoisotopic (exact) mass is 568 g/mol. The molecule has 1 atom stereocenters. The number of aryl methyl sites for hydroxylation is 3. The molecule has 2 aromatic carbocycles. The lowest BCUT2D eigenvalue weighted by molar-refractivity contribution is 0.415. The molecule has 6 rings (SSSR count). The summed E-state index contributed by atoms with van der Waals surface area (Å²) in [6.07, 6.45) is 7.58. The van der Waals surface area contributed by atoms with E-state index in [0.717, 1.165) is 60.4 Å². The third-order valence-corrected chi connectivity index (χ3v) is 8.60. The second-order valence-electron chi connectivity index (χ2n) is 10.9. The Balaban J connectivity index is 0.000000165. The second-order valence-corrected chi connectivity index (χ2v) is 11.8. The predicted molar refractivity (Wildman–Crippen MR) is 169 cm³/mol. The summed E-state index contributed by atoms with van der Waals surface area (Å²) >= 11 is 1.76. The van der Waals surface area contributed by atoms with Crippen LogP contribution in [0.25, 0.3) is 0 Å². The van der Waals surface area contributed by atoms with Crippen molar-refractivity contribution in [1.29, 1.82) is 0 Å². The third kappa shape index (κ3) is 6.32. The van der Waals surface area contributed by atoms with E-state index in [0.29, 0.717) is 5.92 Å². The smallest absolute Gasteiger partial charge is 0.139 e. The number of methoxy groups -OCH3 is 1. The van der Waals surface area contributed by atoms with Gasteiger partial charge in [0.25, 0.3) is 0 Å². The number of ether oxygens (including phenoxy) is 1. The number of rotatable bonds is 6. The Morgan fingerprint density at radius 3 is 1.88 bits per heavy atom. The number of hydrogen-bond acceptors (Lipinski definition) is 8. The van der Waals surface area contributed by atoms with Crippen LogP contribution in [-0.2, 0) is 25.7 Å². The number of nitrogens with zero attached hydrogens (tertiary/aromatic N) is 6. The molecule has 0 radical (unpaired) electrons. The van der Waals surface area contributed by atoms with E-state index in [9.17, 15) is 0 Å². The molecule has 1 unspecified atom stereocenters. The maximum atomic E-state index is 5.20. The molecule has 2 aliphatic rings. The van der Waals surface area contributed by atoms with E-state index in [4.69, 9.17) is 9.72 Å². The highest BCUT2D eigenvalue weighted by Gasteiger charge is 2.26. The van der Waals surface area contributed by atoms with Crippen LogP contribution in [0.3, 0.4) is 0 Å². The molecule has 0 amide bonds. The summed E-state index contributed by atoms with van der Waals surface area (Å²) in [6.45, 7) is 6.23. The van der Waals surface area contributed by atoms with Gasteiger partial charge in [0.1, 0.15) is 29.0 Å². The van der Waals surface area contributed by atoms with E-state index in [-0.39, 0.29) is 0 Å². The fraction of sp³-hybridized carbons (Fsp3) is 0.394. The van der Waals surface area contributed by atoms with Crippen molar-refractivity contribution in [2.45, 2.75) is 57.8 Å². The van der Waals surface area contributed by atoms with Gasteiger partial charge in [-0.3, -0.25) is 0 Å². The van der Waals surface area contributed by atoms with Gasteiger partial charge >= 0.3 is 0 Å². The zero-order valence-electron chi connectivity index (χ0n) is 25.2. The van der Waals surface area contributed by atoms with E-state index >= 15 is 0 Å². The molecule has 2 aliphatic carbocycles. The minimum Gasteiger partial charge on any atom is -0.497 e. The highest BCUT2D eigenvalue weighted by molar-refractivity contribution is 7.98. The van der Waals surface area contributed by atoms with Gasteiger partial charge in [-0.25, -0.2) is 19.9 Å². The van der Waals surface area contributed by atoms with Crippen LogP contribution in [-0.4, -0.2) is 47.4 Å². The maximum absolute atomic E-state index is 5.20. The first-order chi connectivity index (χ1) is 19.8. The van der Waals surface area contributed by atoms with Crippen molar-refractivity contribution in [3.8, 4) is 5.75 Å². The Hall–Kier alpha value is -3.65. The first-order valence-corrected chi connectivity index (χ1v) is 15.5. The normalized spacial score (nSPS) is 15.0. The lowest BCUT2D eigenvalue weighted by atomic mass is 10.1. The number of hydrogen-bond donors (Lipinski definition) is 0. The minimum atomic E-state index is 0.669. The molecule has 4 aromatic rings. The molecule has 2 heterocycles. The van der Waals surface area contributed by atoms with Crippen LogP contribution in [0, 0.1) is 19.8 Å². The number of thioether (sulfide) groups is 1. The van der Waals surface area contributed by atoms with Crippen LogP contribution in [0.5, 0.6) is 5.75 Å². The van der Waals surface area contributed by atoms with Gasteiger partial charge in [0.2, 0.25) is 0 Å². The second kappa shape index (κ2) is 12.5. The molecule has 0 fully saturated rings. The average molecular weight is 569 g/mol. The SMILES string of the molecule is COc1ccc(N(C)c2nc(C)nc3c2CCC3)cc1.CSc1ccc(N(C)c2nc(C)nc3c2CC(C)C3)cc1. The van der Waals surface area contributed by atoms with Gasteiger partial charge in [0.15, 0.2) is 0 Å². The van der Waals surface area contributed by atoms with Gasteiger partial charge in [0, 0.05) is 52.9 Å². The summed E-state index contributed by atoms with van der Waals surface area (Å²) in [4.78, 5) is 24.2. The summed E-state index contributed by atoms with van der Waals surface area (Å²) in [7, 11) is 5.83. The molecule has 2 aromatic heterocycles. The Morgan fingerprint density at radius 2 is 1.29 bits per heavy atom. The van der Waals surface area contributed by atoms with Crippen molar-refractivity contribution in [3.05, 3.63) is 82.7 Å². The molecular formula is C33H40N6OS. The zero-order chi connectivity index (χ0) is 29.1. The summed E-state index contributed by atoms with van der Waals surface area (Å²) in [5.74, 6) is 5.36. The van der Waals surface area contributed by atoms with E-state index in [2.05, 4.69) is 88.4 Å². The van der Waals surface area contributed by atoms with Gasteiger partial charge in [-0.05, 0) is 107 Å². The topological polar surface area (TPSA) is 67.3 Å². The van der Waals surface area contributed by atoms with Crippen LogP contribution < -0.4 is 14.5 Å². The fourth-order valence-electron chi connectivity index (χ4n) is 5.71. The minimum absolute atomic E-state index is 0.669. The molecule has 0 N–H and O–H groups in total. The van der Waals surface area contributed by atoms with Crippen molar-refractivity contribution < 1.29 is 4.74 Å². The Bertz CT molecular complexity index is 1510. The van der Waals surface area contributed by atoms with Crippen molar-refractivity contribution in [2.24, 2.45) is 5.92 Å². The summed E-state index contributed by atoms with van der Waals surface area (Å²) < 4.78 is 5.20. The number of benzene rings is 2. The van der Waals surface area contributed by atoms with E-state index in [1.54, 1.807) is 18.9 Å². The highest BCUT2D eigenvalue weighted by atomic mass is 32.2. The third-order valence-electron chi connectivity index (χ3n) is 7.86. The Morgan fingerprint density at radius 1 is 0.732 bits per heavy atom. The van der Waals surface area contributed by atoms with Crippen molar-refractivity contribution in [3.63, 3.8) is 0 Å². The van der Waals surface area contributed by atoms with Crippen molar-refractivity contribution >= 4 is 34.8 Å². The number of fused-ring (bicyclic) bond motifs is 2. The predicted octanol–water partition coefficient (Wildman–Crippen LogP) is 7.06. The van der Waals surface area contributed by atoms with E-state index in [1.165, 1.54) is 39.5 Å². The van der Waals surface area contributed by atoms with Gasteiger partial charge in [-0.1, -0.05) is 6.92 Å². The standard InChI is InChI=1S/C17H21N3S.C16H19N3O/c1-11-9-15-16(10-11)18-12(2)19-17(15)20(3)13-5-7-14(21-4)8-6-13;1-11-17-15-6-4-5-14(15)16(18-11)19(2)12-7-9-13(20-3)10-8-12/h5-8,11H,9-10H2,1-4H3;7-10H,4-6H2,1-3H3. The fourth-order valence-corrected chi connectivity index (χ4v) is 6.12. The van der Waals surface area contributed by atoms with Gasteiger partial charge in [0.05, 0.1) is 7.11 Å². The largest absolute Gasteiger partial charge is 0.497 e. The maximum Gasteiger partial charge on any atom is 0.139 e. The lowest BCUT2D eigenvalue weighted by Crippen LogP contribution is -2.15. The van der Waals surface area contributed by atoms with Gasteiger partial charge in [-0.15, -0.1) is 11.8 Å². The number of aromatic nitrogens is 4. The van der Waals surface area contributed by atoms with Crippen molar-refractivity contribution in [1.82, 2.24) is 19.9 Å². The summed E-state index contributed by atoms with van der Waals surface area (Å²) in [6, 6.07) is 16.7. The molecule has 7 nitrogen and oxygen atoms in total. The molecule has 0 saturated carbocycles. The van der Waals surface area contributed by atoms with Crippen LogP contribution in [0.2, 0.25) is 0 Å². The van der Waals surface area contributed by atoms with Crippen molar-refractivity contribution in [2.75, 3.05) is 37.3 Å². The van der Waals surface area contributed by atoms with Gasteiger partial charge in [-0.2, -0.15) is 0 Å². The molecule has 214 valence electrons. The average Bonchev–Trinajstić information content (AvgIpc) is 3.61. The highest BCUT2D eigenvalue weighted by Crippen LogP contribution is 2.35. The van der Waals surface area contributed by atoms with Crippen LogP contribution >= 0.6 is 11.8 Å². The molecule has 0 saturated heterocycles. The first-order valence-electron chi connectivity index (χ1n) is 14.3. The van der Waals surface area contributed by atoms with E-state index < -0.39 is 0 Å². The number of anilines is 4. The van der Waals surface area contributed by atoms with Crippen LogP contribution in [0.4, 0.5) is 23.0 Å². The molecule has 0 aliphatic heterocycles. The van der Waals surface area contributed by atoms with Gasteiger partial charge < -0.3 is 14.5 Å². The van der Waals surface area contributed by atoms with E-state index in [1.807, 2.05) is 26.0 Å². The Labute approximate surface area is 248 Å². The Kier molecular flexibility index (Phi) is 8.78. The molecule has 8 heteroatoms. The van der Waals surface area contributed by atoms with Crippen LogP contribution in [0.1, 0.15) is 47.5 Å².